The summed E-state index contributed by atoms with van der Waals surface area (Å²) in [6.45, 7) is -0.511. The molecule has 6 aromatic rings. The van der Waals surface area contributed by atoms with Crippen LogP contribution in [0.2, 0.25) is 0 Å². The molecular formula is C38H35FNO+. The standard InChI is InChI=1S/C38H35FNO/c1-24-12-18-31-32-20-21-33(39)36(38(32)41-37(31)35(24)34-11-7-8-22-40(34)3)29-17-19-30(25(2)23-29)28-15-13-27(14-16-28)26-9-5-4-6-10-26/h4-12,17-23,27-28H,13-16H2,1-3H3/q+1/i2D3,27D,28D. The van der Waals surface area contributed by atoms with Gasteiger partial charge in [0.2, 0.25) is 5.69 Å². The molecular weight excluding hydrogens is 505 g/mol. The molecule has 41 heavy (non-hydrogen) atoms. The number of rotatable bonds is 4. The van der Waals surface area contributed by atoms with Crippen molar-refractivity contribution in [3.05, 3.63) is 125 Å². The second-order valence-electron chi connectivity index (χ2n) is 11.1. The fourth-order valence-electron chi connectivity index (χ4n) is 6.44. The monoisotopic (exact) mass is 545 g/mol. The van der Waals surface area contributed by atoms with E-state index in [1.165, 1.54) is 12.1 Å². The summed E-state index contributed by atoms with van der Waals surface area (Å²) in [6, 6.07) is 27.7. The summed E-state index contributed by atoms with van der Waals surface area (Å²) in [5, 5.41) is 1.58. The predicted molar refractivity (Wildman–Crippen MR) is 166 cm³/mol. The highest BCUT2D eigenvalue weighted by molar-refractivity contribution is 6.13. The Bertz CT molecular complexity index is 2110. The number of halogens is 1. The molecule has 2 aromatic heterocycles. The van der Waals surface area contributed by atoms with Crippen molar-refractivity contribution >= 4 is 21.9 Å². The van der Waals surface area contributed by atoms with Gasteiger partial charge in [-0.1, -0.05) is 60.7 Å². The molecule has 204 valence electrons. The van der Waals surface area contributed by atoms with Crippen molar-refractivity contribution in [2.24, 2.45) is 7.05 Å². The van der Waals surface area contributed by atoms with Crippen molar-refractivity contribution in [2.45, 2.75) is 51.2 Å². The van der Waals surface area contributed by atoms with Gasteiger partial charge in [-0.05, 0) is 97.3 Å². The van der Waals surface area contributed by atoms with Gasteiger partial charge in [-0.25, -0.2) is 8.96 Å². The number of hydrogen-bond donors (Lipinski definition) is 0. The third kappa shape index (κ3) is 4.44. The Morgan fingerprint density at radius 3 is 2.24 bits per heavy atom. The fourth-order valence-corrected chi connectivity index (χ4v) is 6.44. The number of fused-ring (bicyclic) bond motifs is 3. The molecule has 4 aromatic carbocycles. The number of nitrogens with zero attached hydrogens (tertiary/aromatic N) is 1. The Morgan fingerprint density at radius 2 is 1.49 bits per heavy atom. The zero-order chi connectivity index (χ0) is 32.4. The van der Waals surface area contributed by atoms with Crippen molar-refractivity contribution in [1.29, 1.82) is 0 Å². The van der Waals surface area contributed by atoms with Gasteiger partial charge in [-0.2, -0.15) is 0 Å². The first kappa shape index (κ1) is 20.6. The lowest BCUT2D eigenvalue weighted by Crippen LogP contribution is -2.30. The summed E-state index contributed by atoms with van der Waals surface area (Å²) in [4.78, 5) is 0. The minimum absolute atomic E-state index is 0.0394. The van der Waals surface area contributed by atoms with Gasteiger partial charge in [-0.3, -0.25) is 0 Å². The molecule has 1 fully saturated rings. The van der Waals surface area contributed by atoms with E-state index in [1.807, 2.05) is 85.4 Å². The average Bonchev–Trinajstić information content (AvgIpc) is 3.41. The summed E-state index contributed by atoms with van der Waals surface area (Å²) in [5.74, 6) is -2.51. The molecule has 0 saturated heterocycles. The molecule has 7 rings (SSSR count). The van der Waals surface area contributed by atoms with Crippen molar-refractivity contribution in [3.63, 3.8) is 0 Å². The molecule has 2 heterocycles. The van der Waals surface area contributed by atoms with Crippen LogP contribution in [-0.4, -0.2) is 0 Å². The largest absolute Gasteiger partial charge is 0.454 e. The molecule has 0 amide bonds. The molecule has 3 heteroatoms. The number of hydrogen-bond acceptors (Lipinski definition) is 1. The van der Waals surface area contributed by atoms with Crippen LogP contribution < -0.4 is 4.57 Å². The second-order valence-corrected chi connectivity index (χ2v) is 11.1. The van der Waals surface area contributed by atoms with E-state index in [1.54, 1.807) is 18.2 Å². The number of aryl methyl sites for hydroxylation is 3. The summed E-state index contributed by atoms with van der Waals surface area (Å²) in [6.07, 6.45) is 3.55. The molecule has 0 unspecified atom stereocenters. The fraction of sp³-hybridized carbons (Fsp3) is 0.237. The van der Waals surface area contributed by atoms with E-state index in [4.69, 9.17) is 9.90 Å². The van der Waals surface area contributed by atoms with E-state index in [-0.39, 0.29) is 11.1 Å². The summed E-state index contributed by atoms with van der Waals surface area (Å²) in [7, 11) is 1.97. The zero-order valence-electron chi connectivity index (χ0n) is 28.3. The quantitative estimate of drug-likeness (QED) is 0.201. The van der Waals surface area contributed by atoms with Gasteiger partial charge in [-0.15, -0.1) is 0 Å². The Balaban J connectivity index is 1.36. The van der Waals surface area contributed by atoms with Crippen molar-refractivity contribution in [3.8, 4) is 22.4 Å². The number of aromatic nitrogens is 1. The number of furan rings is 1. The highest BCUT2D eigenvalue weighted by Crippen LogP contribution is 2.44. The molecule has 2 nitrogen and oxygen atoms in total. The first-order valence-electron chi connectivity index (χ1n) is 16.7. The molecule has 1 aliphatic carbocycles. The van der Waals surface area contributed by atoms with Gasteiger partial charge in [0.05, 0.1) is 11.1 Å². The topological polar surface area (TPSA) is 17.0 Å². The Hall–Kier alpha value is -4.24. The maximum atomic E-state index is 15.8. The molecule has 0 aliphatic heterocycles. The van der Waals surface area contributed by atoms with Gasteiger partial charge >= 0.3 is 0 Å². The van der Waals surface area contributed by atoms with E-state index < -0.39 is 24.5 Å². The molecule has 0 radical (unpaired) electrons. The lowest BCUT2D eigenvalue weighted by atomic mass is 9.75. The van der Waals surface area contributed by atoms with Gasteiger partial charge in [0, 0.05) is 29.8 Å². The zero-order valence-corrected chi connectivity index (χ0v) is 23.3. The smallest absolute Gasteiger partial charge is 0.216 e. The molecule has 0 atom stereocenters. The van der Waals surface area contributed by atoms with E-state index >= 15 is 4.39 Å². The van der Waals surface area contributed by atoms with Crippen LogP contribution in [0.15, 0.2) is 102 Å². The SMILES string of the molecule is [2H]C([2H])([2H])c1cc(-c2c(F)ccc3c2oc2c(-c4cccc[n+]4C)c(C)ccc23)ccc1C1([2H])CCC([2H])(c2ccccc2)CC1. The molecule has 0 bridgehead atoms. The van der Waals surface area contributed by atoms with Crippen LogP contribution in [0.3, 0.4) is 0 Å². The molecule has 1 aliphatic rings. The highest BCUT2D eigenvalue weighted by atomic mass is 19.1. The van der Waals surface area contributed by atoms with Crippen molar-refractivity contribution < 1.29 is 20.2 Å². The van der Waals surface area contributed by atoms with Crippen LogP contribution in [-0.2, 0) is 7.05 Å². The van der Waals surface area contributed by atoms with Gasteiger partial charge < -0.3 is 4.42 Å². The Morgan fingerprint density at radius 1 is 0.780 bits per heavy atom. The van der Waals surface area contributed by atoms with E-state index in [2.05, 4.69) is 0 Å². The minimum Gasteiger partial charge on any atom is -0.454 e. The summed E-state index contributed by atoms with van der Waals surface area (Å²) in [5.41, 5.74) is 5.83. The van der Waals surface area contributed by atoms with Crippen LogP contribution in [0.4, 0.5) is 4.39 Å². The maximum absolute atomic E-state index is 15.8. The van der Waals surface area contributed by atoms with E-state index in [0.29, 0.717) is 48.0 Å². The highest BCUT2D eigenvalue weighted by Gasteiger charge is 2.26. The maximum Gasteiger partial charge on any atom is 0.216 e. The second kappa shape index (κ2) is 10.3. The third-order valence-electron chi connectivity index (χ3n) is 8.61. The van der Waals surface area contributed by atoms with Crippen LogP contribution in [0, 0.1) is 19.6 Å². The third-order valence-corrected chi connectivity index (χ3v) is 8.61. The molecule has 1 saturated carbocycles. The number of benzene rings is 4. The lowest BCUT2D eigenvalue weighted by molar-refractivity contribution is -0.660. The van der Waals surface area contributed by atoms with Gasteiger partial charge in [0.1, 0.15) is 24.0 Å². The van der Waals surface area contributed by atoms with Gasteiger partial charge in [0.15, 0.2) is 6.20 Å². The van der Waals surface area contributed by atoms with E-state index in [0.717, 1.165) is 33.2 Å². The van der Waals surface area contributed by atoms with Crippen LogP contribution in [0.5, 0.6) is 0 Å². The van der Waals surface area contributed by atoms with E-state index in [9.17, 15) is 1.37 Å². The molecule has 0 N–H and O–H groups in total. The van der Waals surface area contributed by atoms with Crippen LogP contribution in [0.1, 0.15) is 66.6 Å². The number of pyridine rings is 1. The predicted octanol–water partition coefficient (Wildman–Crippen LogP) is 9.94. The summed E-state index contributed by atoms with van der Waals surface area (Å²) < 4.78 is 68.3. The summed E-state index contributed by atoms with van der Waals surface area (Å²) >= 11 is 0. The Kier molecular flexibility index (Phi) is 5.18. The Labute approximate surface area is 248 Å². The lowest BCUT2D eigenvalue weighted by Gasteiger charge is -2.30. The average molecular weight is 546 g/mol. The van der Waals surface area contributed by atoms with Crippen molar-refractivity contribution in [1.82, 2.24) is 0 Å². The normalized spacial score (nSPS) is 23.0. The van der Waals surface area contributed by atoms with Crippen LogP contribution in [0.25, 0.3) is 44.3 Å². The molecule has 0 spiro atoms. The van der Waals surface area contributed by atoms with Gasteiger partial charge in [0.25, 0.3) is 0 Å². The first-order chi connectivity index (χ1) is 21.9. The van der Waals surface area contributed by atoms with Crippen LogP contribution >= 0.6 is 0 Å². The van der Waals surface area contributed by atoms with Crippen molar-refractivity contribution in [2.75, 3.05) is 0 Å². The minimum atomic E-state index is -2.53. The first-order valence-corrected chi connectivity index (χ1v) is 14.2.